The van der Waals surface area contributed by atoms with Gasteiger partial charge in [-0.3, -0.25) is 10.1 Å². The number of rotatable bonds is 5. The van der Waals surface area contributed by atoms with Crippen molar-refractivity contribution in [3.05, 3.63) is 33.9 Å². The Kier molecular flexibility index (Phi) is 4.25. The van der Waals surface area contributed by atoms with Crippen LogP contribution in [0.15, 0.2) is 18.2 Å². The average molecular weight is 224 g/mol. The van der Waals surface area contributed by atoms with Gasteiger partial charge in [0.05, 0.1) is 11.0 Å². The fourth-order valence-corrected chi connectivity index (χ4v) is 1.44. The van der Waals surface area contributed by atoms with Crippen LogP contribution in [0.2, 0.25) is 0 Å². The second-order valence-electron chi connectivity index (χ2n) is 3.79. The first-order valence-corrected chi connectivity index (χ1v) is 5.18. The molecule has 0 aromatic heterocycles. The van der Waals surface area contributed by atoms with Gasteiger partial charge in [0, 0.05) is 12.6 Å². The van der Waals surface area contributed by atoms with Gasteiger partial charge in [-0.2, -0.15) is 0 Å². The lowest BCUT2D eigenvalue weighted by Gasteiger charge is -2.10. The molecule has 5 heteroatoms. The Hall–Kier alpha value is -1.62. The van der Waals surface area contributed by atoms with Crippen LogP contribution in [0.3, 0.4) is 0 Å². The van der Waals surface area contributed by atoms with Crippen LogP contribution in [-0.2, 0) is 0 Å². The molecule has 1 unspecified atom stereocenters. The normalized spacial score (nSPS) is 12.2. The predicted octanol–water partition coefficient (Wildman–Crippen LogP) is 2.09. The van der Waals surface area contributed by atoms with E-state index < -0.39 is 11.0 Å². The van der Waals surface area contributed by atoms with E-state index in [2.05, 4.69) is 5.32 Å². The lowest BCUT2D eigenvalue weighted by atomic mass is 10.1. The van der Waals surface area contributed by atoms with Crippen LogP contribution in [0.25, 0.3) is 0 Å². The summed E-state index contributed by atoms with van der Waals surface area (Å²) in [5.41, 5.74) is 1.44. The summed E-state index contributed by atoms with van der Waals surface area (Å²) in [5.74, 6) is 0. The van der Waals surface area contributed by atoms with Crippen molar-refractivity contribution in [1.29, 1.82) is 0 Å². The van der Waals surface area contributed by atoms with Crippen molar-refractivity contribution >= 4 is 11.4 Å². The van der Waals surface area contributed by atoms with Gasteiger partial charge in [-0.1, -0.05) is 12.1 Å². The SMILES string of the molecule is Cc1cccc([N+](=O)[O-])c1NCCC(C)O. The van der Waals surface area contributed by atoms with Gasteiger partial charge >= 0.3 is 0 Å². The summed E-state index contributed by atoms with van der Waals surface area (Å²) >= 11 is 0. The van der Waals surface area contributed by atoms with Gasteiger partial charge < -0.3 is 10.4 Å². The zero-order chi connectivity index (χ0) is 12.1. The summed E-state index contributed by atoms with van der Waals surface area (Å²) in [6, 6.07) is 4.95. The highest BCUT2D eigenvalue weighted by molar-refractivity contribution is 5.65. The van der Waals surface area contributed by atoms with Gasteiger partial charge in [0.25, 0.3) is 5.69 Å². The number of hydrogen-bond acceptors (Lipinski definition) is 4. The summed E-state index contributed by atoms with van der Waals surface area (Å²) in [5, 5.41) is 22.9. The van der Waals surface area contributed by atoms with E-state index >= 15 is 0 Å². The van der Waals surface area contributed by atoms with Crippen molar-refractivity contribution in [3.63, 3.8) is 0 Å². The third-order valence-electron chi connectivity index (χ3n) is 2.31. The number of nitro benzene ring substituents is 1. The highest BCUT2D eigenvalue weighted by Crippen LogP contribution is 2.27. The number of anilines is 1. The first kappa shape index (κ1) is 12.4. The fraction of sp³-hybridized carbons (Fsp3) is 0.455. The Balaban J connectivity index is 2.80. The summed E-state index contributed by atoms with van der Waals surface area (Å²) in [6.45, 7) is 4.02. The molecule has 0 spiro atoms. The Morgan fingerprint density at radius 2 is 2.25 bits per heavy atom. The quantitative estimate of drug-likeness (QED) is 0.593. The van der Waals surface area contributed by atoms with Crippen LogP contribution in [0, 0.1) is 17.0 Å². The number of aliphatic hydroxyl groups is 1. The van der Waals surface area contributed by atoms with Crippen LogP contribution >= 0.6 is 0 Å². The molecule has 0 bridgehead atoms. The number of nitrogens with zero attached hydrogens (tertiary/aromatic N) is 1. The maximum Gasteiger partial charge on any atom is 0.292 e. The van der Waals surface area contributed by atoms with Gasteiger partial charge in [0.15, 0.2) is 0 Å². The number of hydrogen-bond donors (Lipinski definition) is 2. The van der Waals surface area contributed by atoms with Crippen LogP contribution in [0.1, 0.15) is 18.9 Å². The van der Waals surface area contributed by atoms with Crippen LogP contribution in [0.5, 0.6) is 0 Å². The molecule has 0 aliphatic heterocycles. The highest BCUT2D eigenvalue weighted by atomic mass is 16.6. The van der Waals surface area contributed by atoms with Gasteiger partial charge in [-0.25, -0.2) is 0 Å². The monoisotopic (exact) mass is 224 g/mol. The Morgan fingerprint density at radius 1 is 1.56 bits per heavy atom. The number of aliphatic hydroxyl groups excluding tert-OH is 1. The fourth-order valence-electron chi connectivity index (χ4n) is 1.44. The first-order valence-electron chi connectivity index (χ1n) is 5.18. The van der Waals surface area contributed by atoms with Gasteiger partial charge in [-0.05, 0) is 25.8 Å². The first-order chi connectivity index (χ1) is 7.52. The van der Waals surface area contributed by atoms with Crippen molar-refractivity contribution in [2.24, 2.45) is 0 Å². The lowest BCUT2D eigenvalue weighted by molar-refractivity contribution is -0.384. The van der Waals surface area contributed by atoms with Crippen LogP contribution in [-0.4, -0.2) is 22.7 Å². The Labute approximate surface area is 94.3 Å². The van der Waals surface area contributed by atoms with E-state index in [1.54, 1.807) is 13.0 Å². The third-order valence-corrected chi connectivity index (χ3v) is 2.31. The molecule has 2 N–H and O–H groups in total. The van der Waals surface area contributed by atoms with Crippen molar-refractivity contribution in [3.8, 4) is 0 Å². The van der Waals surface area contributed by atoms with E-state index in [1.807, 2.05) is 13.0 Å². The molecule has 0 heterocycles. The molecule has 1 atom stereocenters. The molecule has 1 aromatic carbocycles. The van der Waals surface area contributed by atoms with E-state index in [0.29, 0.717) is 18.7 Å². The van der Waals surface area contributed by atoms with E-state index in [1.165, 1.54) is 6.07 Å². The van der Waals surface area contributed by atoms with Crippen molar-refractivity contribution in [2.75, 3.05) is 11.9 Å². The molecule has 1 rings (SSSR count). The minimum Gasteiger partial charge on any atom is -0.393 e. The molecule has 0 saturated carbocycles. The third kappa shape index (κ3) is 3.20. The maximum absolute atomic E-state index is 10.8. The van der Waals surface area contributed by atoms with Crippen LogP contribution in [0.4, 0.5) is 11.4 Å². The molecule has 5 nitrogen and oxygen atoms in total. The largest absolute Gasteiger partial charge is 0.393 e. The smallest absolute Gasteiger partial charge is 0.292 e. The van der Waals surface area contributed by atoms with Gasteiger partial charge in [0.1, 0.15) is 5.69 Å². The molecule has 0 amide bonds. The molecule has 0 radical (unpaired) electrons. The zero-order valence-corrected chi connectivity index (χ0v) is 9.43. The second-order valence-corrected chi connectivity index (χ2v) is 3.79. The van der Waals surface area contributed by atoms with E-state index in [9.17, 15) is 10.1 Å². The van der Waals surface area contributed by atoms with Crippen molar-refractivity contribution in [2.45, 2.75) is 26.4 Å². The molecular weight excluding hydrogens is 208 g/mol. The number of nitro groups is 1. The van der Waals surface area contributed by atoms with Gasteiger partial charge in [0.2, 0.25) is 0 Å². The van der Waals surface area contributed by atoms with Crippen molar-refractivity contribution in [1.82, 2.24) is 0 Å². The summed E-state index contributed by atoms with van der Waals surface area (Å²) in [4.78, 5) is 10.4. The topological polar surface area (TPSA) is 75.4 Å². The second kappa shape index (κ2) is 5.46. The van der Waals surface area contributed by atoms with Gasteiger partial charge in [-0.15, -0.1) is 0 Å². The highest BCUT2D eigenvalue weighted by Gasteiger charge is 2.14. The number of para-hydroxylation sites is 1. The summed E-state index contributed by atoms with van der Waals surface area (Å²) < 4.78 is 0. The standard InChI is InChI=1S/C11H16N2O3/c1-8-4-3-5-10(13(15)16)11(8)12-7-6-9(2)14/h3-5,9,12,14H,6-7H2,1-2H3. The minimum atomic E-state index is -0.407. The van der Waals surface area contributed by atoms with Crippen LogP contribution < -0.4 is 5.32 Å². The average Bonchev–Trinajstić information content (AvgIpc) is 2.19. The lowest BCUT2D eigenvalue weighted by Crippen LogP contribution is -2.11. The molecule has 0 aliphatic rings. The molecule has 88 valence electrons. The Morgan fingerprint density at radius 3 is 2.81 bits per heavy atom. The van der Waals surface area contributed by atoms with E-state index in [0.717, 1.165) is 5.56 Å². The number of benzene rings is 1. The molecule has 0 saturated heterocycles. The molecule has 0 aliphatic carbocycles. The Bertz CT molecular complexity index is 377. The number of aryl methyl sites for hydroxylation is 1. The zero-order valence-electron chi connectivity index (χ0n) is 9.43. The summed E-state index contributed by atoms with van der Waals surface area (Å²) in [6.07, 6.45) is 0.154. The van der Waals surface area contributed by atoms with E-state index in [4.69, 9.17) is 5.11 Å². The molecular formula is C11H16N2O3. The maximum atomic E-state index is 10.8. The molecule has 0 fully saturated rings. The predicted molar refractivity (Wildman–Crippen MR) is 62.6 cm³/mol. The number of nitrogens with one attached hydrogen (secondary N) is 1. The summed E-state index contributed by atoms with van der Waals surface area (Å²) in [7, 11) is 0. The minimum absolute atomic E-state index is 0.0746. The van der Waals surface area contributed by atoms with E-state index in [-0.39, 0.29) is 5.69 Å². The van der Waals surface area contributed by atoms with Crippen molar-refractivity contribution < 1.29 is 10.0 Å². The molecule has 16 heavy (non-hydrogen) atoms. The molecule has 1 aromatic rings.